The van der Waals surface area contributed by atoms with Crippen molar-refractivity contribution in [2.75, 3.05) is 19.3 Å². The van der Waals surface area contributed by atoms with Crippen LogP contribution >= 0.6 is 11.8 Å². The van der Waals surface area contributed by atoms with E-state index in [0.29, 0.717) is 12.3 Å². The van der Waals surface area contributed by atoms with Crippen LogP contribution in [0.15, 0.2) is 70.3 Å². The second-order valence-electron chi connectivity index (χ2n) is 8.12. The molecule has 0 atom stereocenters. The van der Waals surface area contributed by atoms with Crippen molar-refractivity contribution < 1.29 is 9.32 Å². The van der Waals surface area contributed by atoms with Crippen LogP contribution in [0.3, 0.4) is 0 Å². The molecule has 0 bridgehead atoms. The van der Waals surface area contributed by atoms with Gasteiger partial charge >= 0.3 is 0 Å². The first kappa shape index (κ1) is 23.8. The average Bonchev–Trinajstić information content (AvgIpc) is 3.50. The zero-order valence-corrected chi connectivity index (χ0v) is 20.6. The van der Waals surface area contributed by atoms with Crippen molar-refractivity contribution >= 4 is 17.7 Å². The fourth-order valence-corrected chi connectivity index (χ4v) is 4.67. The predicted octanol–water partition coefficient (Wildman–Crippen LogP) is 5.11. The molecule has 2 heterocycles. The first-order valence-corrected chi connectivity index (χ1v) is 12.4. The predicted molar refractivity (Wildman–Crippen MR) is 134 cm³/mol. The number of thioether (sulfide) groups is 1. The number of aryl methyl sites for hydroxylation is 2. The van der Waals surface area contributed by atoms with Crippen molar-refractivity contribution in [1.29, 1.82) is 0 Å². The highest BCUT2D eigenvalue weighted by atomic mass is 32.2. The van der Waals surface area contributed by atoms with Crippen LogP contribution in [-0.2, 0) is 17.8 Å². The van der Waals surface area contributed by atoms with E-state index < -0.39 is 0 Å². The number of hydrogen-bond donors (Lipinski definition) is 0. The van der Waals surface area contributed by atoms with E-state index in [4.69, 9.17) is 4.52 Å². The summed E-state index contributed by atoms with van der Waals surface area (Å²) in [5.74, 6) is 2.05. The van der Waals surface area contributed by atoms with Gasteiger partial charge in [-0.15, -0.1) is 10.2 Å². The zero-order valence-electron chi connectivity index (χ0n) is 19.8. The van der Waals surface area contributed by atoms with E-state index in [1.807, 2.05) is 55.6 Å². The molecule has 0 aliphatic heterocycles. The Labute approximate surface area is 204 Å². The van der Waals surface area contributed by atoms with Crippen LogP contribution in [0.1, 0.15) is 24.7 Å². The Morgan fingerprint density at radius 2 is 1.85 bits per heavy atom. The van der Waals surface area contributed by atoms with Crippen LogP contribution in [0.4, 0.5) is 0 Å². The van der Waals surface area contributed by atoms with Gasteiger partial charge in [-0.1, -0.05) is 71.5 Å². The number of benzene rings is 2. The van der Waals surface area contributed by atoms with E-state index in [9.17, 15) is 4.79 Å². The van der Waals surface area contributed by atoms with E-state index in [2.05, 4.69) is 45.9 Å². The Hall–Kier alpha value is -3.39. The molecule has 4 rings (SSSR count). The smallest absolute Gasteiger partial charge is 0.232 e. The molecule has 2 aromatic heterocycles. The minimum Gasteiger partial charge on any atom is -0.361 e. The first-order valence-electron chi connectivity index (χ1n) is 11.4. The number of nitrogens with zero attached hydrogens (tertiary/aromatic N) is 5. The lowest BCUT2D eigenvalue weighted by molar-refractivity contribution is -0.127. The molecule has 0 saturated carbocycles. The molecule has 0 aliphatic rings. The summed E-state index contributed by atoms with van der Waals surface area (Å²) >= 11 is 1.43. The summed E-state index contributed by atoms with van der Waals surface area (Å²) in [7, 11) is 1.84. The molecule has 1 amide bonds. The van der Waals surface area contributed by atoms with Gasteiger partial charge in [0.25, 0.3) is 0 Å². The lowest BCUT2D eigenvalue weighted by Crippen LogP contribution is -2.29. The molecule has 0 N–H and O–H groups in total. The molecule has 0 aliphatic carbocycles. The minimum atomic E-state index is 0.0654. The second kappa shape index (κ2) is 11.2. The Morgan fingerprint density at radius 3 is 2.62 bits per heavy atom. The quantitative estimate of drug-likeness (QED) is 0.297. The normalized spacial score (nSPS) is 11.0. The topological polar surface area (TPSA) is 77.0 Å². The molecule has 7 nitrogen and oxygen atoms in total. The second-order valence-corrected chi connectivity index (χ2v) is 9.06. The highest BCUT2D eigenvalue weighted by Crippen LogP contribution is 2.26. The molecule has 2 aromatic carbocycles. The molecular weight excluding hydrogens is 446 g/mol. The lowest BCUT2D eigenvalue weighted by Gasteiger charge is -2.16. The van der Waals surface area contributed by atoms with Crippen LogP contribution in [0.5, 0.6) is 0 Å². The van der Waals surface area contributed by atoms with Crippen molar-refractivity contribution in [3.05, 3.63) is 72.0 Å². The third-order valence-corrected chi connectivity index (χ3v) is 6.67. The summed E-state index contributed by atoms with van der Waals surface area (Å²) in [5.41, 5.74) is 4.09. The van der Waals surface area contributed by atoms with Crippen LogP contribution < -0.4 is 0 Å². The zero-order chi connectivity index (χ0) is 23.9. The van der Waals surface area contributed by atoms with Crippen molar-refractivity contribution in [1.82, 2.24) is 24.8 Å². The lowest BCUT2D eigenvalue weighted by atomic mass is 10.1. The third kappa shape index (κ3) is 5.56. The van der Waals surface area contributed by atoms with Crippen molar-refractivity contribution in [3.63, 3.8) is 0 Å². The molecular formula is C26H29N5O2S. The fourth-order valence-electron chi connectivity index (χ4n) is 3.73. The summed E-state index contributed by atoms with van der Waals surface area (Å²) in [4.78, 5) is 14.5. The van der Waals surface area contributed by atoms with Gasteiger partial charge in [-0.3, -0.25) is 4.79 Å². The Balaban J connectivity index is 1.28. The van der Waals surface area contributed by atoms with Gasteiger partial charge in [0.2, 0.25) is 5.91 Å². The van der Waals surface area contributed by atoms with Gasteiger partial charge in [0.05, 0.1) is 5.75 Å². The maximum Gasteiger partial charge on any atom is 0.232 e. The Bertz CT molecular complexity index is 1230. The van der Waals surface area contributed by atoms with Gasteiger partial charge < -0.3 is 14.0 Å². The number of carbonyl (C=O) groups is 1. The van der Waals surface area contributed by atoms with E-state index in [-0.39, 0.29) is 5.91 Å². The van der Waals surface area contributed by atoms with E-state index in [1.54, 1.807) is 4.90 Å². The number of carbonyl (C=O) groups excluding carboxylic acids is 1. The maximum atomic E-state index is 12.7. The van der Waals surface area contributed by atoms with E-state index >= 15 is 0 Å². The molecule has 34 heavy (non-hydrogen) atoms. The molecule has 176 valence electrons. The number of aromatic nitrogens is 4. The highest BCUT2D eigenvalue weighted by Gasteiger charge is 2.17. The van der Waals surface area contributed by atoms with Gasteiger partial charge in [0.15, 0.2) is 11.0 Å². The standard InChI is InChI=1S/C26H29N5O2S/c1-4-31-25(22-15-9-8-11-19(22)2)27-28-26(31)34-18-24(32)30(3)16-10-14-21-17-23(29-33-21)20-12-6-5-7-13-20/h5-9,11-13,15,17H,4,10,14,16,18H2,1-3H3. The van der Waals surface area contributed by atoms with Crippen molar-refractivity contribution in [3.8, 4) is 22.6 Å². The molecule has 8 heteroatoms. The van der Waals surface area contributed by atoms with Crippen molar-refractivity contribution in [2.45, 2.75) is 38.4 Å². The highest BCUT2D eigenvalue weighted by molar-refractivity contribution is 7.99. The number of amides is 1. The minimum absolute atomic E-state index is 0.0654. The van der Waals surface area contributed by atoms with Crippen LogP contribution in [0, 0.1) is 6.92 Å². The van der Waals surface area contributed by atoms with Crippen LogP contribution in [-0.4, -0.2) is 50.1 Å². The van der Waals surface area contributed by atoms with E-state index in [0.717, 1.165) is 58.5 Å². The number of hydrogen-bond acceptors (Lipinski definition) is 6. The van der Waals surface area contributed by atoms with Gasteiger partial charge in [-0.2, -0.15) is 0 Å². The molecule has 0 fully saturated rings. The van der Waals surface area contributed by atoms with Gasteiger partial charge in [-0.05, 0) is 25.8 Å². The molecule has 0 unspecified atom stereocenters. The van der Waals surface area contributed by atoms with Gasteiger partial charge in [0.1, 0.15) is 11.5 Å². The monoisotopic (exact) mass is 475 g/mol. The first-order chi connectivity index (χ1) is 16.6. The largest absolute Gasteiger partial charge is 0.361 e. The van der Waals surface area contributed by atoms with Crippen molar-refractivity contribution in [2.24, 2.45) is 0 Å². The van der Waals surface area contributed by atoms with Crippen LogP contribution in [0.2, 0.25) is 0 Å². The molecule has 4 aromatic rings. The maximum absolute atomic E-state index is 12.7. The third-order valence-electron chi connectivity index (χ3n) is 5.71. The number of rotatable bonds is 10. The Kier molecular flexibility index (Phi) is 7.80. The summed E-state index contributed by atoms with van der Waals surface area (Å²) < 4.78 is 7.53. The molecule has 0 radical (unpaired) electrons. The molecule has 0 saturated heterocycles. The average molecular weight is 476 g/mol. The van der Waals surface area contributed by atoms with Crippen LogP contribution in [0.25, 0.3) is 22.6 Å². The van der Waals surface area contributed by atoms with E-state index in [1.165, 1.54) is 11.8 Å². The SMILES string of the molecule is CCn1c(SCC(=O)N(C)CCCc2cc(-c3ccccc3)no2)nnc1-c1ccccc1C. The summed E-state index contributed by atoms with van der Waals surface area (Å²) in [6.45, 7) is 5.52. The Morgan fingerprint density at radius 1 is 1.09 bits per heavy atom. The molecule has 0 spiro atoms. The fraction of sp³-hybridized carbons (Fsp3) is 0.308. The summed E-state index contributed by atoms with van der Waals surface area (Å²) in [6.07, 6.45) is 1.54. The van der Waals surface area contributed by atoms with Gasteiger partial charge in [0, 0.05) is 43.8 Å². The van der Waals surface area contributed by atoms with Gasteiger partial charge in [-0.25, -0.2) is 0 Å². The summed E-state index contributed by atoms with van der Waals surface area (Å²) in [6, 6.07) is 20.1. The summed E-state index contributed by atoms with van der Waals surface area (Å²) in [5, 5.41) is 13.7.